The number of aliphatic hydroxyl groups excluding tert-OH is 1. The molecule has 0 radical (unpaired) electrons. The smallest absolute Gasteiger partial charge is 0.462 e. The van der Waals surface area contributed by atoms with E-state index >= 15 is 0 Å². The van der Waals surface area contributed by atoms with Crippen LogP contribution < -0.4 is 0 Å². The van der Waals surface area contributed by atoms with Gasteiger partial charge in [0.2, 0.25) is 0 Å². The first-order valence-electron chi connectivity index (χ1n) is 42.5. The molecule has 0 aliphatic carbocycles. The highest BCUT2D eigenvalue weighted by Gasteiger charge is 2.30. The summed E-state index contributed by atoms with van der Waals surface area (Å²) in [6, 6.07) is 0. The maximum absolute atomic E-state index is 13.1. The largest absolute Gasteiger partial charge is 0.472 e. The zero-order chi connectivity index (χ0) is 74.2. The zero-order valence-corrected chi connectivity index (χ0v) is 68.0. The Morgan fingerprint density at radius 3 is 0.673 bits per heavy atom. The van der Waals surface area contributed by atoms with Gasteiger partial charge in [0.25, 0.3) is 0 Å². The fourth-order valence-electron chi connectivity index (χ4n) is 12.7. The van der Waals surface area contributed by atoms with E-state index in [1.165, 1.54) is 244 Å². The van der Waals surface area contributed by atoms with Gasteiger partial charge in [0.15, 0.2) is 12.2 Å². The van der Waals surface area contributed by atoms with Crippen molar-refractivity contribution < 1.29 is 80.2 Å². The van der Waals surface area contributed by atoms with Gasteiger partial charge in [0, 0.05) is 25.7 Å². The minimum Gasteiger partial charge on any atom is -0.462 e. The van der Waals surface area contributed by atoms with Gasteiger partial charge >= 0.3 is 39.5 Å². The quantitative estimate of drug-likeness (QED) is 0.0222. The molecule has 0 aromatic carbocycles. The van der Waals surface area contributed by atoms with Crippen molar-refractivity contribution in [2.45, 2.75) is 452 Å². The molecule has 17 nitrogen and oxygen atoms in total. The third kappa shape index (κ3) is 76.1. The third-order valence-corrected chi connectivity index (χ3v) is 21.1. The lowest BCUT2D eigenvalue weighted by Gasteiger charge is -2.21. The van der Waals surface area contributed by atoms with Crippen molar-refractivity contribution in [2.75, 3.05) is 39.6 Å². The van der Waals surface area contributed by atoms with Crippen LogP contribution in [0.25, 0.3) is 0 Å². The van der Waals surface area contributed by atoms with Crippen molar-refractivity contribution in [1.82, 2.24) is 0 Å². The molecule has 2 unspecified atom stereocenters. The van der Waals surface area contributed by atoms with Gasteiger partial charge in [0.1, 0.15) is 19.3 Å². The van der Waals surface area contributed by atoms with Crippen molar-refractivity contribution >= 4 is 39.5 Å². The number of rotatable bonds is 81. The number of aliphatic hydroxyl groups is 1. The zero-order valence-electron chi connectivity index (χ0n) is 66.2. The third-order valence-electron chi connectivity index (χ3n) is 19.2. The Bertz CT molecular complexity index is 1940. The average Bonchev–Trinajstić information content (AvgIpc) is 0.986. The van der Waals surface area contributed by atoms with Crippen LogP contribution in [0.1, 0.15) is 433 Å². The highest BCUT2D eigenvalue weighted by atomic mass is 31.2. The summed E-state index contributed by atoms with van der Waals surface area (Å²) in [5.74, 6) is -0.563. The predicted molar refractivity (Wildman–Crippen MR) is 414 cm³/mol. The number of ether oxygens (including phenoxy) is 4. The molecule has 0 aromatic rings. The molecule has 0 aromatic heterocycles. The molecule has 19 heteroatoms. The number of esters is 4. The first kappa shape index (κ1) is 99.1. The number of carbonyl (C=O) groups excluding carboxylic acids is 4. The van der Waals surface area contributed by atoms with Gasteiger partial charge < -0.3 is 33.8 Å². The Morgan fingerprint density at radius 1 is 0.267 bits per heavy atom. The maximum atomic E-state index is 13.1. The van der Waals surface area contributed by atoms with E-state index in [1.54, 1.807) is 0 Å². The molecule has 0 amide bonds. The first-order chi connectivity index (χ1) is 48.9. The molecule has 0 saturated carbocycles. The highest BCUT2D eigenvalue weighted by Crippen LogP contribution is 2.45. The van der Waals surface area contributed by atoms with Crippen LogP contribution in [0.3, 0.4) is 0 Å². The molecule has 0 aliphatic rings. The van der Waals surface area contributed by atoms with Crippen LogP contribution in [0.5, 0.6) is 0 Å². The fourth-order valence-corrected chi connectivity index (χ4v) is 14.3. The van der Waals surface area contributed by atoms with Crippen LogP contribution in [0.4, 0.5) is 0 Å². The van der Waals surface area contributed by atoms with E-state index in [0.717, 1.165) is 108 Å². The van der Waals surface area contributed by atoms with Gasteiger partial charge in [-0.15, -0.1) is 0 Å². The van der Waals surface area contributed by atoms with E-state index in [2.05, 4.69) is 41.5 Å². The van der Waals surface area contributed by atoms with Gasteiger partial charge in [-0.25, -0.2) is 9.13 Å². The first-order valence-corrected chi connectivity index (χ1v) is 45.5. The topological polar surface area (TPSA) is 237 Å². The lowest BCUT2D eigenvalue weighted by atomic mass is 10.0. The predicted octanol–water partition coefficient (Wildman–Crippen LogP) is 24.7. The second kappa shape index (κ2) is 73.6. The van der Waals surface area contributed by atoms with Crippen molar-refractivity contribution in [3.63, 3.8) is 0 Å². The minimum atomic E-state index is -4.96. The Kier molecular flexibility index (Phi) is 72.2. The van der Waals surface area contributed by atoms with E-state index in [1.807, 2.05) is 0 Å². The Balaban J connectivity index is 5.17. The molecule has 0 fully saturated rings. The molecule has 5 atom stereocenters. The summed E-state index contributed by atoms with van der Waals surface area (Å²) in [5.41, 5.74) is 0. The summed E-state index contributed by atoms with van der Waals surface area (Å²) in [6.07, 6.45) is 64.1. The monoisotopic (exact) mass is 1480 g/mol. The molecule has 0 heterocycles. The van der Waals surface area contributed by atoms with Crippen LogP contribution >= 0.6 is 15.6 Å². The van der Waals surface area contributed by atoms with E-state index in [-0.39, 0.29) is 25.7 Å². The normalized spacial score (nSPS) is 13.9. The van der Waals surface area contributed by atoms with E-state index in [4.69, 9.17) is 37.0 Å². The number of phosphoric ester groups is 2. The van der Waals surface area contributed by atoms with E-state index in [9.17, 15) is 43.2 Å². The molecule has 0 bridgehead atoms. The molecule has 0 saturated heterocycles. The van der Waals surface area contributed by atoms with Crippen LogP contribution in [0.2, 0.25) is 0 Å². The van der Waals surface area contributed by atoms with Gasteiger partial charge in [-0.3, -0.25) is 37.3 Å². The summed E-state index contributed by atoms with van der Waals surface area (Å²) in [4.78, 5) is 72.9. The number of carbonyl (C=O) groups is 4. The molecular weight excluding hydrogens is 1320 g/mol. The Hall–Kier alpha value is -1.94. The van der Waals surface area contributed by atoms with Gasteiger partial charge in [0.05, 0.1) is 26.4 Å². The number of hydrogen-bond acceptors (Lipinski definition) is 15. The van der Waals surface area contributed by atoms with Gasteiger partial charge in [-0.2, -0.15) is 0 Å². The van der Waals surface area contributed by atoms with Crippen molar-refractivity contribution in [3.8, 4) is 0 Å². The number of unbranched alkanes of at least 4 members (excludes halogenated alkanes) is 51. The standard InChI is InChI=1S/C82H160O17P2/c1-7-9-11-13-15-17-18-19-20-21-22-23-24-25-26-31-34-37-42-48-54-60-66-81(86)98-78(71-93-80(85)65-59-53-47-41-36-33-30-28-27-29-32-35-39-44-50-56-62-74(3)4)73-97-101(90,91)95-69-76(83)68-94-100(88,89)96-72-77(70-92-79(84)64-58-52-46-16-14-12-10-8-2)99-82(87)67-61-55-49-43-38-40-45-51-57-63-75(5)6/h74-78,83H,7-73H2,1-6H3,(H,88,89)(H,90,91)/t76-,77+,78+/m0/s1. The lowest BCUT2D eigenvalue weighted by Crippen LogP contribution is -2.30. The summed E-state index contributed by atoms with van der Waals surface area (Å²) in [6.45, 7) is 9.61. The molecule has 0 rings (SSSR count). The molecule has 3 N–H and O–H groups in total. The van der Waals surface area contributed by atoms with Crippen LogP contribution in [0, 0.1) is 11.8 Å². The molecule has 0 aliphatic heterocycles. The van der Waals surface area contributed by atoms with Crippen molar-refractivity contribution in [2.24, 2.45) is 11.8 Å². The minimum absolute atomic E-state index is 0.105. The van der Waals surface area contributed by atoms with Crippen LogP contribution in [-0.2, 0) is 65.4 Å². The van der Waals surface area contributed by atoms with Gasteiger partial charge in [-0.1, -0.05) is 382 Å². The molecule has 600 valence electrons. The highest BCUT2D eigenvalue weighted by molar-refractivity contribution is 7.47. The number of phosphoric acid groups is 2. The summed E-state index contributed by atoms with van der Waals surface area (Å²) < 4.78 is 68.6. The lowest BCUT2D eigenvalue weighted by molar-refractivity contribution is -0.161. The SMILES string of the molecule is CCCCCCCCCCCCCCCCCCCCCCCCC(=O)O[C@H](COC(=O)CCCCCCCCCCCCCCCCCCC(C)C)COP(=O)(O)OC[C@@H](O)COP(=O)(O)OC[C@@H](COC(=O)CCCCCCCCCC)OC(=O)CCCCCCCCCCCC(C)C. The molecule has 0 spiro atoms. The summed E-state index contributed by atoms with van der Waals surface area (Å²) in [5, 5.41) is 10.6. The van der Waals surface area contributed by atoms with Gasteiger partial charge in [-0.05, 0) is 37.5 Å². The fraction of sp³-hybridized carbons (Fsp3) is 0.951. The summed E-state index contributed by atoms with van der Waals surface area (Å²) >= 11 is 0. The second-order valence-electron chi connectivity index (χ2n) is 30.5. The van der Waals surface area contributed by atoms with E-state index < -0.39 is 97.5 Å². The number of hydrogen-bond donors (Lipinski definition) is 3. The Morgan fingerprint density at radius 2 is 0.455 bits per heavy atom. The molecular formula is C82H160O17P2. The van der Waals surface area contributed by atoms with Crippen molar-refractivity contribution in [1.29, 1.82) is 0 Å². The summed E-state index contributed by atoms with van der Waals surface area (Å²) in [7, 11) is -9.92. The van der Waals surface area contributed by atoms with Crippen LogP contribution in [-0.4, -0.2) is 96.7 Å². The van der Waals surface area contributed by atoms with Crippen molar-refractivity contribution in [3.05, 3.63) is 0 Å². The van der Waals surface area contributed by atoms with Crippen LogP contribution in [0.15, 0.2) is 0 Å². The second-order valence-corrected chi connectivity index (χ2v) is 33.4. The molecule has 101 heavy (non-hydrogen) atoms. The average molecular weight is 1480 g/mol. The maximum Gasteiger partial charge on any atom is 0.472 e. The Labute approximate surface area is 619 Å². The van der Waals surface area contributed by atoms with E-state index in [0.29, 0.717) is 25.7 Å².